The maximum Gasteiger partial charge on any atom is 0.108 e. The molecule has 0 bridgehead atoms. The molecule has 0 aliphatic carbocycles. The second kappa shape index (κ2) is 7.08. The molecule has 28 heavy (non-hydrogen) atoms. The molecule has 0 saturated heterocycles. The average Bonchev–Trinajstić information content (AvgIpc) is 2.73. The maximum absolute atomic E-state index is 4.55. The Morgan fingerprint density at radius 2 is 1.89 bits per heavy atom. The van der Waals surface area contributed by atoms with Crippen molar-refractivity contribution < 1.29 is 0 Å². The number of allylic oxidation sites excluding steroid dienone is 2. The molecule has 140 valence electrons. The number of aromatic nitrogens is 3. The molecule has 2 aliphatic rings. The van der Waals surface area contributed by atoms with Gasteiger partial charge in [-0.1, -0.05) is 24.3 Å². The molecule has 3 aromatic rings. The second-order valence-electron chi connectivity index (χ2n) is 7.45. The van der Waals surface area contributed by atoms with Crippen LogP contribution in [-0.4, -0.2) is 37.8 Å². The van der Waals surface area contributed by atoms with Crippen LogP contribution in [0.2, 0.25) is 0 Å². The van der Waals surface area contributed by atoms with Crippen LogP contribution in [0.4, 0.5) is 0 Å². The summed E-state index contributed by atoms with van der Waals surface area (Å²) in [6.45, 7) is 5.91. The molecule has 4 heterocycles. The summed E-state index contributed by atoms with van der Waals surface area (Å²) in [7, 11) is 0. The summed E-state index contributed by atoms with van der Waals surface area (Å²) in [4.78, 5) is 18.4. The van der Waals surface area contributed by atoms with Crippen molar-refractivity contribution in [3.63, 3.8) is 0 Å². The lowest BCUT2D eigenvalue weighted by molar-refractivity contribution is 0.196. The minimum absolute atomic E-state index is 0.861. The topological polar surface area (TPSA) is 45.2 Å². The van der Waals surface area contributed by atoms with Gasteiger partial charge in [-0.15, -0.1) is 0 Å². The van der Waals surface area contributed by atoms with E-state index in [1.54, 1.807) is 12.4 Å². The van der Waals surface area contributed by atoms with E-state index in [1.165, 1.54) is 28.2 Å². The van der Waals surface area contributed by atoms with Gasteiger partial charge in [-0.3, -0.25) is 15.0 Å². The Morgan fingerprint density at radius 1 is 1.00 bits per heavy atom. The van der Waals surface area contributed by atoms with Crippen molar-refractivity contribution >= 4 is 11.0 Å². The normalized spacial score (nSPS) is 16.6. The highest BCUT2D eigenvalue weighted by Gasteiger charge is 2.25. The van der Waals surface area contributed by atoms with Crippen molar-refractivity contribution in [2.24, 2.45) is 0 Å². The first kappa shape index (κ1) is 16.9. The SMILES string of the molecule is CC1=C(N2CCc3ncccc3C2)N(Cc2ccc3nccnc3c2)CC=C1. The van der Waals surface area contributed by atoms with E-state index in [0.717, 1.165) is 43.6 Å². The van der Waals surface area contributed by atoms with E-state index >= 15 is 0 Å². The Balaban J connectivity index is 1.43. The maximum atomic E-state index is 4.55. The van der Waals surface area contributed by atoms with E-state index in [-0.39, 0.29) is 0 Å². The van der Waals surface area contributed by atoms with Crippen LogP contribution >= 0.6 is 0 Å². The van der Waals surface area contributed by atoms with Crippen molar-refractivity contribution in [3.05, 3.63) is 89.3 Å². The van der Waals surface area contributed by atoms with Crippen molar-refractivity contribution in [1.82, 2.24) is 24.8 Å². The number of pyridine rings is 1. The molecule has 0 radical (unpaired) electrons. The summed E-state index contributed by atoms with van der Waals surface area (Å²) in [5, 5.41) is 0. The van der Waals surface area contributed by atoms with Crippen LogP contribution in [0.3, 0.4) is 0 Å². The largest absolute Gasteiger partial charge is 0.353 e. The van der Waals surface area contributed by atoms with E-state index in [0.29, 0.717) is 0 Å². The van der Waals surface area contributed by atoms with Gasteiger partial charge >= 0.3 is 0 Å². The third-order valence-corrected chi connectivity index (χ3v) is 5.52. The van der Waals surface area contributed by atoms with Gasteiger partial charge in [0.2, 0.25) is 0 Å². The van der Waals surface area contributed by atoms with Gasteiger partial charge in [0.05, 0.1) is 11.0 Å². The zero-order valence-electron chi connectivity index (χ0n) is 16.0. The first-order valence-electron chi connectivity index (χ1n) is 9.78. The quantitative estimate of drug-likeness (QED) is 0.705. The van der Waals surface area contributed by atoms with E-state index < -0.39 is 0 Å². The Morgan fingerprint density at radius 3 is 2.82 bits per heavy atom. The fraction of sp³-hybridized carbons (Fsp3) is 0.261. The van der Waals surface area contributed by atoms with Crippen LogP contribution in [0.5, 0.6) is 0 Å². The van der Waals surface area contributed by atoms with Crippen LogP contribution in [0.25, 0.3) is 11.0 Å². The lowest BCUT2D eigenvalue weighted by Gasteiger charge is -2.40. The molecule has 0 spiro atoms. The molecule has 0 unspecified atom stereocenters. The summed E-state index contributed by atoms with van der Waals surface area (Å²) in [5.74, 6) is 1.33. The zero-order chi connectivity index (χ0) is 18.9. The Bertz CT molecular complexity index is 1090. The van der Waals surface area contributed by atoms with Crippen molar-refractivity contribution in [2.45, 2.75) is 26.4 Å². The second-order valence-corrected chi connectivity index (χ2v) is 7.45. The molecule has 5 nitrogen and oxygen atoms in total. The highest BCUT2D eigenvalue weighted by molar-refractivity contribution is 5.74. The van der Waals surface area contributed by atoms with Crippen molar-refractivity contribution in [1.29, 1.82) is 0 Å². The fourth-order valence-corrected chi connectivity index (χ4v) is 4.23. The molecular formula is C23H23N5. The molecule has 2 aliphatic heterocycles. The first-order valence-corrected chi connectivity index (χ1v) is 9.78. The number of benzene rings is 1. The third-order valence-electron chi connectivity index (χ3n) is 5.52. The lowest BCUT2D eigenvalue weighted by Crippen LogP contribution is -2.40. The number of fused-ring (bicyclic) bond motifs is 2. The van der Waals surface area contributed by atoms with Gasteiger partial charge < -0.3 is 9.80 Å². The van der Waals surface area contributed by atoms with E-state index in [2.05, 4.69) is 68.1 Å². The molecule has 2 aromatic heterocycles. The van der Waals surface area contributed by atoms with Crippen molar-refractivity contribution in [3.8, 4) is 0 Å². The summed E-state index contributed by atoms with van der Waals surface area (Å²) >= 11 is 0. The van der Waals surface area contributed by atoms with Gasteiger partial charge in [0.15, 0.2) is 0 Å². The smallest absolute Gasteiger partial charge is 0.108 e. The minimum atomic E-state index is 0.861. The zero-order valence-corrected chi connectivity index (χ0v) is 16.0. The van der Waals surface area contributed by atoms with Crippen LogP contribution in [0.1, 0.15) is 23.7 Å². The summed E-state index contributed by atoms with van der Waals surface area (Å²) in [5.41, 5.74) is 7.05. The summed E-state index contributed by atoms with van der Waals surface area (Å²) < 4.78 is 0. The predicted octanol–water partition coefficient (Wildman–Crippen LogP) is 3.69. The summed E-state index contributed by atoms with van der Waals surface area (Å²) in [6, 6.07) is 10.6. The van der Waals surface area contributed by atoms with Gasteiger partial charge in [-0.05, 0) is 41.8 Å². The van der Waals surface area contributed by atoms with Crippen LogP contribution in [-0.2, 0) is 19.5 Å². The Kier molecular flexibility index (Phi) is 4.28. The molecule has 0 amide bonds. The monoisotopic (exact) mass is 369 g/mol. The van der Waals surface area contributed by atoms with Gasteiger partial charge in [-0.25, -0.2) is 0 Å². The molecule has 0 fully saturated rings. The molecular weight excluding hydrogens is 346 g/mol. The molecule has 5 heteroatoms. The molecule has 1 aromatic carbocycles. The Labute approximate surface area is 165 Å². The van der Waals surface area contributed by atoms with E-state index in [4.69, 9.17) is 0 Å². The lowest BCUT2D eigenvalue weighted by atomic mass is 10.0. The van der Waals surface area contributed by atoms with E-state index in [9.17, 15) is 0 Å². The molecule has 0 saturated carbocycles. The molecule has 0 atom stereocenters. The molecule has 0 N–H and O–H groups in total. The van der Waals surface area contributed by atoms with Gasteiger partial charge in [0, 0.05) is 56.9 Å². The van der Waals surface area contributed by atoms with E-state index in [1.807, 2.05) is 12.3 Å². The predicted molar refractivity (Wildman–Crippen MR) is 110 cm³/mol. The van der Waals surface area contributed by atoms with Crippen LogP contribution in [0.15, 0.2) is 72.5 Å². The average molecular weight is 369 g/mol. The number of nitrogens with zero attached hydrogens (tertiary/aromatic N) is 5. The number of hydrogen-bond donors (Lipinski definition) is 0. The number of rotatable bonds is 3. The number of hydrogen-bond acceptors (Lipinski definition) is 5. The van der Waals surface area contributed by atoms with Gasteiger partial charge in [0.25, 0.3) is 0 Å². The van der Waals surface area contributed by atoms with Crippen LogP contribution < -0.4 is 0 Å². The molecule has 5 rings (SSSR count). The third kappa shape index (κ3) is 3.13. The first-order chi connectivity index (χ1) is 13.8. The summed E-state index contributed by atoms with van der Waals surface area (Å²) in [6.07, 6.45) is 10.9. The van der Waals surface area contributed by atoms with Gasteiger partial charge in [-0.2, -0.15) is 0 Å². The minimum Gasteiger partial charge on any atom is -0.353 e. The highest BCUT2D eigenvalue weighted by atomic mass is 15.3. The standard InChI is InChI=1S/C23H23N5/c1-17-4-3-12-27(15-18-6-7-21-22(14-18)26-11-10-25-21)23(17)28-13-8-20-19(16-28)5-2-9-24-20/h2-7,9-11,14H,8,12-13,15-16H2,1H3. The van der Waals surface area contributed by atoms with Crippen molar-refractivity contribution in [2.75, 3.05) is 13.1 Å². The fourth-order valence-electron chi connectivity index (χ4n) is 4.23. The highest BCUT2D eigenvalue weighted by Crippen LogP contribution is 2.28. The Hall–Kier alpha value is -3.21. The van der Waals surface area contributed by atoms with Crippen LogP contribution in [0, 0.1) is 0 Å². The van der Waals surface area contributed by atoms with Gasteiger partial charge in [0.1, 0.15) is 5.82 Å².